The van der Waals surface area contributed by atoms with Crippen LogP contribution in [0.3, 0.4) is 0 Å². The van der Waals surface area contributed by atoms with Gasteiger partial charge in [0.05, 0.1) is 42.1 Å². The van der Waals surface area contributed by atoms with E-state index >= 15 is 0 Å². The molecule has 0 radical (unpaired) electrons. The molecule has 0 spiro atoms. The van der Waals surface area contributed by atoms with Gasteiger partial charge < -0.3 is 35.6 Å². The second-order valence-corrected chi connectivity index (χ2v) is 7.28. The number of hydrogen-bond acceptors (Lipinski definition) is 7. The van der Waals surface area contributed by atoms with E-state index in [-0.39, 0.29) is 13.0 Å². The maximum atomic E-state index is 10.4. The summed E-state index contributed by atoms with van der Waals surface area (Å²) in [7, 11) is 0. The Labute approximate surface area is 155 Å². The maximum absolute atomic E-state index is 10.4. The highest BCUT2D eigenvalue weighted by atomic mass is 32.1. The van der Waals surface area contributed by atoms with Crippen molar-refractivity contribution in [3.63, 3.8) is 0 Å². The average molecular weight is 380 g/mol. The van der Waals surface area contributed by atoms with Crippen LogP contribution in [0.5, 0.6) is 0 Å². The lowest BCUT2D eigenvalue weighted by Gasteiger charge is -2.36. The van der Waals surface area contributed by atoms with Gasteiger partial charge in [-0.1, -0.05) is 26.1 Å². The first kappa shape index (κ1) is 22.7. The molecule has 8 heteroatoms. The zero-order chi connectivity index (χ0) is 19.0. The topological polar surface area (TPSA) is 122 Å². The quantitative estimate of drug-likeness (QED) is 0.290. The van der Waals surface area contributed by atoms with Crippen molar-refractivity contribution in [2.75, 3.05) is 6.61 Å². The Balaban J connectivity index is 2.64. The van der Waals surface area contributed by atoms with Crippen LogP contribution in [0.25, 0.3) is 0 Å². The van der Waals surface area contributed by atoms with Gasteiger partial charge >= 0.3 is 0 Å². The van der Waals surface area contributed by atoms with Crippen LogP contribution in [0, 0.1) is 0 Å². The summed E-state index contributed by atoms with van der Waals surface area (Å²) in [5.74, 6) is 0. The van der Waals surface area contributed by atoms with Crippen LogP contribution in [-0.4, -0.2) is 79.8 Å². The molecule has 1 fully saturated rings. The molecule has 0 heterocycles. The van der Waals surface area contributed by atoms with Gasteiger partial charge in [-0.05, 0) is 32.1 Å². The second kappa shape index (κ2) is 11.4. The first-order valence-electron chi connectivity index (χ1n) is 9.11. The third-order valence-corrected chi connectivity index (χ3v) is 4.96. The van der Waals surface area contributed by atoms with Crippen LogP contribution in [0.1, 0.15) is 52.4 Å². The molecule has 1 rings (SSSR count). The van der Waals surface area contributed by atoms with E-state index in [1.807, 2.05) is 13.8 Å². The fraction of sp³-hybridized carbons (Fsp3) is 0.941. The molecular formula is C17H33NO6S. The average Bonchev–Trinajstić information content (AvgIpc) is 2.57. The van der Waals surface area contributed by atoms with E-state index in [9.17, 15) is 25.5 Å². The third-order valence-electron chi connectivity index (χ3n) is 4.63. The third kappa shape index (κ3) is 7.42. The lowest BCUT2D eigenvalue weighted by molar-refractivity contribution is -0.157. The van der Waals surface area contributed by atoms with Crippen molar-refractivity contribution in [2.24, 2.45) is 0 Å². The van der Waals surface area contributed by atoms with Gasteiger partial charge in [0.25, 0.3) is 0 Å². The van der Waals surface area contributed by atoms with Gasteiger partial charge in [-0.2, -0.15) is 0 Å². The minimum absolute atomic E-state index is 0.0754. The molecule has 148 valence electrons. The summed E-state index contributed by atoms with van der Waals surface area (Å²) in [6.07, 6.45) is -2.41. The van der Waals surface area contributed by atoms with E-state index in [4.69, 9.17) is 17.0 Å². The van der Waals surface area contributed by atoms with E-state index in [1.54, 1.807) is 0 Å². The predicted octanol–water partition coefficient (Wildman–Crippen LogP) is -0.144. The van der Waals surface area contributed by atoms with Gasteiger partial charge in [0.2, 0.25) is 0 Å². The highest BCUT2D eigenvalue weighted by molar-refractivity contribution is 7.80. The summed E-state index contributed by atoms with van der Waals surface area (Å²) in [6.45, 7) is 3.91. The fourth-order valence-corrected chi connectivity index (χ4v) is 3.25. The van der Waals surface area contributed by atoms with Gasteiger partial charge in [-0.3, -0.25) is 0 Å². The molecule has 0 bridgehead atoms. The summed E-state index contributed by atoms with van der Waals surface area (Å²) in [5, 5.41) is 52.6. The minimum atomic E-state index is -1.24. The zero-order valence-electron chi connectivity index (χ0n) is 15.0. The number of aliphatic hydroxyl groups is 5. The largest absolute Gasteiger partial charge is 0.393 e. The van der Waals surface area contributed by atoms with Gasteiger partial charge in [0.15, 0.2) is 0 Å². The van der Waals surface area contributed by atoms with E-state index in [0.29, 0.717) is 30.7 Å². The highest BCUT2D eigenvalue weighted by Gasteiger charge is 2.37. The Morgan fingerprint density at radius 1 is 1.16 bits per heavy atom. The van der Waals surface area contributed by atoms with Gasteiger partial charge in [-0.15, -0.1) is 0 Å². The zero-order valence-corrected chi connectivity index (χ0v) is 15.9. The first-order valence-corrected chi connectivity index (χ1v) is 9.52. The molecule has 0 aromatic rings. The van der Waals surface area contributed by atoms with Crippen molar-refractivity contribution in [2.45, 2.75) is 95.0 Å². The molecule has 0 aromatic carbocycles. The molecule has 25 heavy (non-hydrogen) atoms. The second-order valence-electron chi connectivity index (χ2n) is 6.79. The monoisotopic (exact) mass is 379 g/mol. The Morgan fingerprint density at radius 2 is 1.84 bits per heavy atom. The van der Waals surface area contributed by atoms with E-state index in [1.165, 1.54) is 0 Å². The normalized spacial score (nSPS) is 30.5. The number of thiocarbonyl (C=S) groups is 1. The van der Waals surface area contributed by atoms with E-state index in [0.717, 1.165) is 6.42 Å². The lowest BCUT2D eigenvalue weighted by Crippen LogP contribution is -2.52. The van der Waals surface area contributed by atoms with E-state index in [2.05, 4.69) is 5.32 Å². The molecule has 1 saturated carbocycles. The summed E-state index contributed by atoms with van der Waals surface area (Å²) >= 11 is 5.26. The Bertz CT molecular complexity index is 399. The van der Waals surface area contributed by atoms with Crippen LogP contribution in [-0.2, 0) is 4.74 Å². The van der Waals surface area contributed by atoms with Crippen LogP contribution >= 0.6 is 12.2 Å². The molecule has 6 N–H and O–H groups in total. The smallest absolute Gasteiger partial charge is 0.108 e. The van der Waals surface area contributed by atoms with Crippen LogP contribution in [0.4, 0.5) is 0 Å². The van der Waals surface area contributed by atoms with Crippen molar-refractivity contribution in [3.8, 4) is 0 Å². The molecule has 7 nitrogen and oxygen atoms in total. The van der Waals surface area contributed by atoms with E-state index < -0.39 is 42.7 Å². The van der Waals surface area contributed by atoms with Crippen molar-refractivity contribution >= 4 is 17.2 Å². The van der Waals surface area contributed by atoms with Crippen LogP contribution in [0.15, 0.2) is 0 Å². The molecule has 7 unspecified atom stereocenters. The van der Waals surface area contributed by atoms with Crippen molar-refractivity contribution in [3.05, 3.63) is 0 Å². The van der Waals surface area contributed by atoms with Gasteiger partial charge in [0, 0.05) is 6.42 Å². The highest BCUT2D eigenvalue weighted by Crippen LogP contribution is 2.23. The molecule has 0 amide bonds. The summed E-state index contributed by atoms with van der Waals surface area (Å²) < 4.78 is 5.71. The van der Waals surface area contributed by atoms with Crippen molar-refractivity contribution < 1.29 is 30.3 Å². The SMILES string of the molecule is CCCC(=S)NC(COC1CCC(O)C(O)C1O)C(O)CC(O)CC. The van der Waals surface area contributed by atoms with Gasteiger partial charge in [-0.25, -0.2) is 0 Å². The Kier molecular flexibility index (Phi) is 10.3. The number of nitrogens with one attached hydrogen (secondary N) is 1. The van der Waals surface area contributed by atoms with Crippen LogP contribution in [0.2, 0.25) is 0 Å². The predicted molar refractivity (Wildman–Crippen MR) is 98.3 cm³/mol. The number of aliphatic hydroxyl groups excluding tert-OH is 5. The molecule has 1 aliphatic carbocycles. The minimum Gasteiger partial charge on any atom is -0.393 e. The van der Waals surface area contributed by atoms with Crippen molar-refractivity contribution in [1.82, 2.24) is 5.32 Å². The standard InChI is InChI=1S/C17H33NO6S/c1-3-5-15(25)18-11(13(21)8-10(19)4-2)9-24-14-7-6-12(20)16(22)17(14)23/h10-14,16-17,19-23H,3-9H2,1-2H3,(H,18,25). The van der Waals surface area contributed by atoms with Gasteiger partial charge in [0.1, 0.15) is 12.2 Å². The summed E-state index contributed by atoms with van der Waals surface area (Å²) in [5.41, 5.74) is 0. The lowest BCUT2D eigenvalue weighted by atomic mass is 9.89. The molecule has 7 atom stereocenters. The summed E-state index contributed by atoms with van der Waals surface area (Å²) in [4.78, 5) is 0.612. The Hall–Kier alpha value is -0.350. The molecule has 1 aliphatic rings. The number of ether oxygens (including phenoxy) is 1. The molecule has 0 aliphatic heterocycles. The Morgan fingerprint density at radius 3 is 2.44 bits per heavy atom. The number of rotatable bonds is 10. The first-order chi connectivity index (χ1) is 11.8. The summed E-state index contributed by atoms with van der Waals surface area (Å²) in [6, 6.07) is -0.517. The van der Waals surface area contributed by atoms with Crippen molar-refractivity contribution in [1.29, 1.82) is 0 Å². The molecule has 0 saturated heterocycles. The van der Waals surface area contributed by atoms with Crippen LogP contribution < -0.4 is 5.32 Å². The molecule has 0 aromatic heterocycles. The maximum Gasteiger partial charge on any atom is 0.108 e. The number of hydrogen-bond donors (Lipinski definition) is 6. The fourth-order valence-electron chi connectivity index (χ4n) is 2.90. The molecular weight excluding hydrogens is 346 g/mol.